The van der Waals surface area contributed by atoms with Crippen molar-refractivity contribution in [3.63, 3.8) is 0 Å². The number of carbonyl (C=O) groups excluding carboxylic acids is 1. The zero-order valence-electron chi connectivity index (χ0n) is 22.9. The molecule has 41 heavy (non-hydrogen) atoms. The van der Waals surface area contributed by atoms with E-state index in [0.29, 0.717) is 40.7 Å². The van der Waals surface area contributed by atoms with Crippen LogP contribution in [0.15, 0.2) is 46.7 Å². The fourth-order valence-electron chi connectivity index (χ4n) is 4.65. The van der Waals surface area contributed by atoms with Crippen molar-refractivity contribution in [1.82, 2.24) is 14.8 Å². The van der Waals surface area contributed by atoms with E-state index in [4.69, 9.17) is 15.0 Å². The largest absolute Gasteiger partial charge is 0.461 e. The van der Waals surface area contributed by atoms with E-state index in [2.05, 4.69) is 16.8 Å². The van der Waals surface area contributed by atoms with Crippen molar-refractivity contribution in [1.29, 1.82) is 0 Å². The van der Waals surface area contributed by atoms with Gasteiger partial charge in [-0.05, 0) is 85.0 Å². The monoisotopic (exact) mass is 596 g/mol. The molecule has 4 aromatic rings. The van der Waals surface area contributed by atoms with Crippen LogP contribution < -0.4 is 5.14 Å². The maximum absolute atomic E-state index is 15.0. The van der Waals surface area contributed by atoms with Crippen molar-refractivity contribution in [2.75, 3.05) is 12.9 Å². The highest BCUT2D eigenvalue weighted by Crippen LogP contribution is 2.38. The van der Waals surface area contributed by atoms with E-state index >= 15 is 4.39 Å². The van der Waals surface area contributed by atoms with Gasteiger partial charge in [-0.3, -0.25) is 9.35 Å². The van der Waals surface area contributed by atoms with E-state index in [1.54, 1.807) is 42.1 Å². The van der Waals surface area contributed by atoms with Crippen molar-refractivity contribution in [2.24, 2.45) is 11.1 Å². The molecule has 2 aromatic heterocycles. The highest BCUT2D eigenvalue weighted by Gasteiger charge is 2.30. The number of rotatable bonds is 9. The predicted octanol–water partition coefficient (Wildman–Crippen LogP) is 5.24. The Hall–Kier alpha value is -3.72. The molecule has 1 fully saturated rings. The zero-order chi connectivity index (χ0) is 29.3. The molecule has 2 heterocycles. The van der Waals surface area contributed by atoms with Crippen LogP contribution in [0.25, 0.3) is 16.4 Å². The van der Waals surface area contributed by atoms with Crippen LogP contribution in [0.5, 0.6) is 0 Å². The molecular weight excluding hydrogens is 566 g/mol. The number of hydrogen-bond acceptors (Lipinski definition) is 6. The average molecular weight is 597 g/mol. The second kappa shape index (κ2) is 11.6. The molecule has 0 atom stereocenters. The van der Waals surface area contributed by atoms with E-state index in [9.17, 15) is 13.4 Å². The van der Waals surface area contributed by atoms with Crippen LogP contribution in [0.2, 0.25) is 0 Å². The Bertz CT molecular complexity index is 1740. The van der Waals surface area contributed by atoms with Crippen LogP contribution >= 0.6 is 11.3 Å². The standard InChI is InChI=1S/C30H30F2N4O3S2/c1-4-6-20-16-21(10-11-23(20)31)28-22(13-19-9-12-27(24(32)14-19)41(3,33)38)26(15-18-7-8-18)36(35-28)30-34-25(17-40-30)29(37)39-5-2/h9-12,14,16-18,41H,5,7-8,13,15H2,1-3H3,(H2,33,38). The number of carbonyl (C=O) groups is 1. The van der Waals surface area contributed by atoms with Gasteiger partial charge in [0.1, 0.15) is 11.6 Å². The van der Waals surface area contributed by atoms with Crippen LogP contribution in [0.1, 0.15) is 59.6 Å². The second-order valence-corrected chi connectivity index (χ2v) is 13.4. The molecule has 0 radical (unpaired) electrons. The minimum Gasteiger partial charge on any atom is -0.461 e. The number of thiol groups is 1. The topological polar surface area (TPSA) is 100 Å². The fraction of sp³-hybridized carbons (Fsp3) is 0.300. The highest BCUT2D eigenvalue weighted by molar-refractivity contribution is 8.00. The van der Waals surface area contributed by atoms with Gasteiger partial charge < -0.3 is 4.74 Å². The number of halogens is 2. The fourth-order valence-corrected chi connectivity index (χ4v) is 6.28. The Labute approximate surface area is 242 Å². The van der Waals surface area contributed by atoms with Crippen LogP contribution in [-0.2, 0) is 27.7 Å². The number of aromatic nitrogens is 3. The molecule has 214 valence electrons. The third-order valence-electron chi connectivity index (χ3n) is 6.80. The van der Waals surface area contributed by atoms with Crippen LogP contribution in [0.4, 0.5) is 8.78 Å². The van der Waals surface area contributed by atoms with Gasteiger partial charge in [-0.2, -0.15) is 5.10 Å². The summed E-state index contributed by atoms with van der Waals surface area (Å²) in [6.07, 6.45) is 4.47. The first-order valence-corrected chi connectivity index (χ1v) is 16.3. The lowest BCUT2D eigenvalue weighted by atomic mass is 9.96. The van der Waals surface area contributed by atoms with Gasteiger partial charge >= 0.3 is 5.97 Å². The highest BCUT2D eigenvalue weighted by atomic mass is 32.3. The molecular formula is C30H30F2N4O3S2. The number of benzene rings is 2. The number of nitrogens with two attached hydrogens (primary N) is 1. The van der Waals surface area contributed by atoms with E-state index in [-0.39, 0.29) is 22.8 Å². The summed E-state index contributed by atoms with van der Waals surface area (Å²) in [6.45, 7) is 3.60. The maximum Gasteiger partial charge on any atom is 0.357 e. The van der Waals surface area contributed by atoms with Crippen LogP contribution in [-0.4, -0.2) is 37.8 Å². The lowest BCUT2D eigenvalue weighted by molar-refractivity contribution is 0.0520. The van der Waals surface area contributed by atoms with Crippen molar-refractivity contribution < 1.29 is 22.5 Å². The molecule has 0 amide bonds. The summed E-state index contributed by atoms with van der Waals surface area (Å²) in [4.78, 5) is 16.8. The zero-order valence-corrected chi connectivity index (χ0v) is 24.6. The summed E-state index contributed by atoms with van der Waals surface area (Å²) in [5.41, 5.74) is 4.00. The SMILES string of the molecule is CC#Cc1cc(-c2nn(-c3nc(C(=O)OCC)cs3)c(CC3CC3)c2Cc2ccc([SH](C)(N)=O)c(F)c2)ccc1F. The molecule has 0 aliphatic heterocycles. The van der Waals surface area contributed by atoms with Gasteiger partial charge in [0.15, 0.2) is 5.69 Å². The summed E-state index contributed by atoms with van der Waals surface area (Å²) in [7, 11) is -3.28. The van der Waals surface area contributed by atoms with Crippen molar-refractivity contribution in [2.45, 2.75) is 44.4 Å². The molecule has 0 saturated heterocycles. The average Bonchev–Trinajstić information content (AvgIpc) is 3.48. The molecule has 7 nitrogen and oxygen atoms in total. The summed E-state index contributed by atoms with van der Waals surface area (Å²) in [6, 6.07) is 9.18. The number of nitrogens with zero attached hydrogens (tertiary/aromatic N) is 3. The van der Waals surface area contributed by atoms with Gasteiger partial charge in [-0.25, -0.2) is 23.2 Å². The molecule has 1 saturated carbocycles. The van der Waals surface area contributed by atoms with E-state index in [1.165, 1.54) is 35.8 Å². The Kier molecular flexibility index (Phi) is 8.18. The van der Waals surface area contributed by atoms with Crippen molar-refractivity contribution in [3.8, 4) is 28.2 Å². The van der Waals surface area contributed by atoms with Gasteiger partial charge in [0.25, 0.3) is 0 Å². The van der Waals surface area contributed by atoms with E-state index in [1.807, 2.05) is 0 Å². The van der Waals surface area contributed by atoms with E-state index < -0.39 is 27.7 Å². The van der Waals surface area contributed by atoms with E-state index in [0.717, 1.165) is 24.1 Å². The summed E-state index contributed by atoms with van der Waals surface area (Å²) in [5, 5.41) is 12.8. The molecule has 11 heteroatoms. The molecule has 0 unspecified atom stereocenters. The van der Waals surface area contributed by atoms with Crippen LogP contribution in [0.3, 0.4) is 0 Å². The van der Waals surface area contributed by atoms with Crippen LogP contribution in [0, 0.1) is 29.4 Å². The van der Waals surface area contributed by atoms with Gasteiger partial charge in [-0.15, -0.1) is 17.3 Å². The molecule has 2 aromatic carbocycles. The Morgan fingerprint density at radius 1 is 1.22 bits per heavy atom. The molecule has 0 bridgehead atoms. The van der Waals surface area contributed by atoms with Crippen molar-refractivity contribution in [3.05, 3.63) is 81.5 Å². The second-order valence-electron chi connectivity index (χ2n) is 10.1. The first-order valence-electron chi connectivity index (χ1n) is 13.2. The summed E-state index contributed by atoms with van der Waals surface area (Å²) < 4.78 is 48.7. The van der Waals surface area contributed by atoms with Crippen molar-refractivity contribution >= 4 is 27.4 Å². The first-order chi connectivity index (χ1) is 19.6. The molecule has 1 aliphatic rings. The minimum atomic E-state index is -3.28. The smallest absolute Gasteiger partial charge is 0.357 e. The third kappa shape index (κ3) is 6.30. The number of thiazole rings is 1. The molecule has 0 spiro atoms. The minimum absolute atomic E-state index is 0.00836. The Balaban J connectivity index is 1.68. The van der Waals surface area contributed by atoms with Gasteiger partial charge in [-0.1, -0.05) is 12.0 Å². The lowest BCUT2D eigenvalue weighted by Gasteiger charge is -2.15. The van der Waals surface area contributed by atoms with Gasteiger partial charge in [0.05, 0.1) is 28.5 Å². The normalized spacial score (nSPS) is 13.5. The number of ether oxygens (including phenoxy) is 1. The quantitative estimate of drug-likeness (QED) is 0.156. The predicted molar refractivity (Wildman–Crippen MR) is 157 cm³/mol. The van der Waals surface area contributed by atoms with Gasteiger partial charge in [0, 0.05) is 29.2 Å². The Morgan fingerprint density at radius 2 is 2.00 bits per heavy atom. The third-order valence-corrected chi connectivity index (χ3v) is 8.93. The molecule has 1 aliphatic carbocycles. The number of hydrogen-bond donors (Lipinski definition) is 2. The lowest BCUT2D eigenvalue weighted by Crippen LogP contribution is -2.22. The molecule has 2 N–H and O–H groups in total. The Morgan fingerprint density at radius 3 is 2.66 bits per heavy atom. The summed E-state index contributed by atoms with van der Waals surface area (Å²) >= 11 is 1.26. The molecule has 5 rings (SSSR count). The van der Waals surface area contributed by atoms with Gasteiger partial charge in [0.2, 0.25) is 5.13 Å². The summed E-state index contributed by atoms with van der Waals surface area (Å²) in [5.74, 6) is 4.41. The maximum atomic E-state index is 15.0. The first kappa shape index (κ1) is 28.8. The number of esters is 1.